The molecule has 0 saturated heterocycles. The average molecular weight is 406 g/mol. The number of aryl methyl sites for hydroxylation is 1. The molecule has 2 aromatic heterocycles. The molecule has 0 amide bonds. The largest absolute Gasteiger partial charge is 0.448 e. The van der Waals surface area contributed by atoms with E-state index in [0.29, 0.717) is 36.0 Å². The molecular weight excluding hydrogens is 386 g/mol. The monoisotopic (exact) mass is 406 g/mol. The Bertz CT molecular complexity index is 1070. The first-order valence-corrected chi connectivity index (χ1v) is 8.91. The number of aliphatic hydroxyl groups is 2. The fourth-order valence-corrected chi connectivity index (χ4v) is 2.80. The third-order valence-electron chi connectivity index (χ3n) is 4.26. The number of rotatable bonds is 8. The SMILES string of the molecule is Cn1c(=O)c(Oc2ccc(F)cc2F)cc2cnc(N(CCO)CCCO)nc21. The van der Waals surface area contributed by atoms with Crippen LogP contribution in [0.5, 0.6) is 11.5 Å². The zero-order chi connectivity index (χ0) is 21.0. The minimum absolute atomic E-state index is 0.0192. The third kappa shape index (κ3) is 4.49. The number of hydrogen-bond acceptors (Lipinski definition) is 7. The van der Waals surface area contributed by atoms with E-state index in [1.807, 2.05) is 0 Å². The van der Waals surface area contributed by atoms with Gasteiger partial charge in [0.1, 0.15) is 11.5 Å². The summed E-state index contributed by atoms with van der Waals surface area (Å²) in [5, 5.41) is 18.7. The Hall–Kier alpha value is -3.11. The maximum Gasteiger partial charge on any atom is 0.294 e. The number of aromatic nitrogens is 3. The highest BCUT2D eigenvalue weighted by atomic mass is 19.1. The summed E-state index contributed by atoms with van der Waals surface area (Å²) < 4.78 is 33.5. The van der Waals surface area contributed by atoms with Crippen LogP contribution in [0.15, 0.2) is 35.3 Å². The van der Waals surface area contributed by atoms with Crippen LogP contribution in [0, 0.1) is 11.6 Å². The van der Waals surface area contributed by atoms with Gasteiger partial charge in [0.15, 0.2) is 17.3 Å². The second-order valence-corrected chi connectivity index (χ2v) is 6.29. The van der Waals surface area contributed by atoms with Crippen molar-refractivity contribution in [3.8, 4) is 11.5 Å². The summed E-state index contributed by atoms with van der Waals surface area (Å²) >= 11 is 0. The van der Waals surface area contributed by atoms with Crippen molar-refractivity contribution in [1.29, 1.82) is 0 Å². The first-order valence-electron chi connectivity index (χ1n) is 8.91. The number of hydrogen-bond donors (Lipinski definition) is 2. The molecule has 154 valence electrons. The molecule has 0 fully saturated rings. The van der Waals surface area contributed by atoms with Crippen molar-refractivity contribution in [3.05, 3.63) is 52.5 Å². The van der Waals surface area contributed by atoms with Crippen molar-refractivity contribution in [2.45, 2.75) is 6.42 Å². The highest BCUT2D eigenvalue weighted by Crippen LogP contribution is 2.25. The number of nitrogens with zero attached hydrogens (tertiary/aromatic N) is 4. The van der Waals surface area contributed by atoms with E-state index < -0.39 is 17.2 Å². The summed E-state index contributed by atoms with van der Waals surface area (Å²) in [6.45, 7) is 0.558. The second-order valence-electron chi connectivity index (χ2n) is 6.29. The van der Waals surface area contributed by atoms with Crippen molar-refractivity contribution in [2.24, 2.45) is 7.05 Å². The lowest BCUT2D eigenvalue weighted by Gasteiger charge is -2.21. The second kappa shape index (κ2) is 8.93. The van der Waals surface area contributed by atoms with Crippen molar-refractivity contribution in [2.75, 3.05) is 31.2 Å². The topological polar surface area (TPSA) is 101 Å². The standard InChI is InChI=1S/C19H20F2N4O4/c1-24-17-12(11-22-19(23-17)25(6-8-27)5-2-7-26)9-16(18(24)28)29-15-4-3-13(20)10-14(15)21/h3-4,9-11,26-27H,2,5-8H2,1H3. The van der Waals surface area contributed by atoms with Gasteiger partial charge in [-0.3, -0.25) is 9.36 Å². The van der Waals surface area contributed by atoms with Crippen LogP contribution in [0.4, 0.5) is 14.7 Å². The fourth-order valence-electron chi connectivity index (χ4n) is 2.80. The summed E-state index contributed by atoms with van der Waals surface area (Å²) in [7, 11) is 1.49. The van der Waals surface area contributed by atoms with Crippen LogP contribution in [-0.4, -0.2) is 51.1 Å². The molecule has 0 radical (unpaired) electrons. The van der Waals surface area contributed by atoms with Gasteiger partial charge >= 0.3 is 0 Å². The Morgan fingerprint density at radius 2 is 1.93 bits per heavy atom. The normalized spacial score (nSPS) is 11.1. The molecule has 10 heteroatoms. The van der Waals surface area contributed by atoms with E-state index in [4.69, 9.17) is 9.84 Å². The van der Waals surface area contributed by atoms with Crippen LogP contribution in [-0.2, 0) is 7.05 Å². The van der Waals surface area contributed by atoms with Crippen LogP contribution < -0.4 is 15.2 Å². The van der Waals surface area contributed by atoms with E-state index in [2.05, 4.69) is 9.97 Å². The Kier molecular flexibility index (Phi) is 6.35. The molecule has 8 nitrogen and oxygen atoms in total. The lowest BCUT2D eigenvalue weighted by molar-refractivity contribution is 0.280. The van der Waals surface area contributed by atoms with Gasteiger partial charge in [-0.15, -0.1) is 0 Å². The molecule has 0 atom stereocenters. The molecule has 0 spiro atoms. The first-order chi connectivity index (χ1) is 13.9. The third-order valence-corrected chi connectivity index (χ3v) is 4.26. The molecule has 0 aliphatic rings. The molecule has 3 aromatic rings. The molecule has 29 heavy (non-hydrogen) atoms. The van der Waals surface area contributed by atoms with Crippen molar-refractivity contribution in [1.82, 2.24) is 14.5 Å². The molecule has 1 aromatic carbocycles. The zero-order valence-electron chi connectivity index (χ0n) is 15.7. The van der Waals surface area contributed by atoms with Crippen molar-refractivity contribution in [3.63, 3.8) is 0 Å². The van der Waals surface area contributed by atoms with Crippen LogP contribution in [0.3, 0.4) is 0 Å². The van der Waals surface area contributed by atoms with E-state index >= 15 is 0 Å². The summed E-state index contributed by atoms with van der Waals surface area (Å²) in [4.78, 5) is 23.0. The van der Waals surface area contributed by atoms with Crippen LogP contribution in [0.25, 0.3) is 11.0 Å². The summed E-state index contributed by atoms with van der Waals surface area (Å²) in [6, 6.07) is 4.18. The Morgan fingerprint density at radius 1 is 1.14 bits per heavy atom. The minimum atomic E-state index is -0.928. The summed E-state index contributed by atoms with van der Waals surface area (Å²) in [6.07, 6.45) is 1.95. The van der Waals surface area contributed by atoms with Crippen molar-refractivity contribution >= 4 is 17.0 Å². The highest BCUT2D eigenvalue weighted by molar-refractivity contribution is 5.77. The highest BCUT2D eigenvalue weighted by Gasteiger charge is 2.16. The molecule has 2 N–H and O–H groups in total. The molecule has 2 heterocycles. The van der Waals surface area contributed by atoms with Gasteiger partial charge < -0.3 is 19.8 Å². The number of halogens is 2. The predicted molar refractivity (Wildman–Crippen MR) is 102 cm³/mol. The summed E-state index contributed by atoms with van der Waals surface area (Å²) in [5.41, 5.74) is -0.242. The van der Waals surface area contributed by atoms with E-state index in [1.165, 1.54) is 23.9 Å². The molecule has 0 bridgehead atoms. The maximum absolute atomic E-state index is 13.9. The van der Waals surface area contributed by atoms with Gasteiger partial charge in [-0.2, -0.15) is 4.98 Å². The smallest absolute Gasteiger partial charge is 0.294 e. The van der Waals surface area contributed by atoms with Crippen LogP contribution in [0.2, 0.25) is 0 Å². The van der Waals surface area contributed by atoms with Crippen LogP contribution >= 0.6 is 0 Å². The first kappa shape index (κ1) is 20.6. The van der Waals surface area contributed by atoms with Gasteiger partial charge in [0, 0.05) is 44.4 Å². The van der Waals surface area contributed by atoms with E-state index in [9.17, 15) is 18.7 Å². The molecular formula is C19H20F2N4O4. The number of pyridine rings is 1. The molecule has 3 rings (SSSR count). The van der Waals surface area contributed by atoms with Gasteiger partial charge in [-0.1, -0.05) is 0 Å². The lowest BCUT2D eigenvalue weighted by atomic mass is 10.3. The average Bonchev–Trinajstić information content (AvgIpc) is 2.71. The van der Waals surface area contributed by atoms with E-state index in [0.717, 1.165) is 12.1 Å². The zero-order valence-corrected chi connectivity index (χ0v) is 15.7. The number of anilines is 1. The number of benzene rings is 1. The fraction of sp³-hybridized carbons (Fsp3) is 0.316. The number of fused-ring (bicyclic) bond motifs is 1. The van der Waals surface area contributed by atoms with Crippen LogP contribution in [0.1, 0.15) is 6.42 Å². The molecule has 0 unspecified atom stereocenters. The molecule has 0 saturated carbocycles. The lowest BCUT2D eigenvalue weighted by Crippen LogP contribution is -2.30. The Labute approximate surface area is 164 Å². The number of aliphatic hydroxyl groups excluding tert-OH is 2. The number of ether oxygens (including phenoxy) is 1. The van der Waals surface area contributed by atoms with Gasteiger partial charge in [0.2, 0.25) is 5.95 Å². The molecule has 0 aliphatic heterocycles. The van der Waals surface area contributed by atoms with E-state index in [-0.39, 0.29) is 31.3 Å². The quantitative estimate of drug-likeness (QED) is 0.586. The summed E-state index contributed by atoms with van der Waals surface area (Å²) in [5.74, 6) is -1.82. The Morgan fingerprint density at radius 3 is 2.62 bits per heavy atom. The molecule has 0 aliphatic carbocycles. The van der Waals surface area contributed by atoms with Gasteiger partial charge in [-0.05, 0) is 24.6 Å². The predicted octanol–water partition coefficient (Wildman–Crippen LogP) is 1.58. The Balaban J connectivity index is 2.00. The van der Waals surface area contributed by atoms with Gasteiger partial charge in [0.05, 0.1) is 6.61 Å². The van der Waals surface area contributed by atoms with Gasteiger partial charge in [-0.25, -0.2) is 13.8 Å². The maximum atomic E-state index is 13.9. The minimum Gasteiger partial charge on any atom is -0.448 e. The van der Waals surface area contributed by atoms with Crippen molar-refractivity contribution < 1.29 is 23.7 Å². The van der Waals surface area contributed by atoms with Gasteiger partial charge in [0.25, 0.3) is 5.56 Å². The van der Waals surface area contributed by atoms with E-state index in [1.54, 1.807) is 4.90 Å².